The van der Waals surface area contributed by atoms with Gasteiger partial charge in [0.25, 0.3) is 5.91 Å². The van der Waals surface area contributed by atoms with Gasteiger partial charge in [-0.25, -0.2) is 4.98 Å². The van der Waals surface area contributed by atoms with Crippen LogP contribution in [0.15, 0.2) is 42.6 Å². The molecule has 3 rings (SSSR count). The molecule has 122 valence electrons. The molecular formula is C18H17N3O3. The number of amides is 1. The van der Waals surface area contributed by atoms with Crippen molar-refractivity contribution in [3.05, 3.63) is 53.7 Å². The van der Waals surface area contributed by atoms with E-state index in [9.17, 15) is 4.79 Å². The van der Waals surface area contributed by atoms with Crippen LogP contribution in [0.3, 0.4) is 0 Å². The summed E-state index contributed by atoms with van der Waals surface area (Å²) in [5.41, 5.74) is 1.58. The highest BCUT2D eigenvalue weighted by Gasteiger charge is 2.32. The molecule has 6 nitrogen and oxygen atoms in total. The molecule has 1 amide bonds. The van der Waals surface area contributed by atoms with Gasteiger partial charge in [0.1, 0.15) is 17.9 Å². The lowest BCUT2D eigenvalue weighted by atomic mass is 10.1. The molecule has 0 radical (unpaired) electrons. The number of carbonyl (C=O) groups excluding carboxylic acids is 1. The zero-order valence-electron chi connectivity index (χ0n) is 13.3. The first kappa shape index (κ1) is 15.8. The van der Waals surface area contributed by atoms with Crippen molar-refractivity contribution in [2.75, 3.05) is 19.7 Å². The standard InChI is InChI=1S/C18H17N3O3/c1-13-3-2-4-15(7-13)23-12-18(22)21-10-16(11-21)24-17-6-5-14(8-19)9-20-17/h2-7,9,16H,10-12H2,1H3. The van der Waals surface area contributed by atoms with Crippen LogP contribution in [0.1, 0.15) is 11.1 Å². The summed E-state index contributed by atoms with van der Waals surface area (Å²) in [6, 6.07) is 12.9. The van der Waals surface area contributed by atoms with Gasteiger partial charge < -0.3 is 14.4 Å². The molecule has 2 aromatic rings. The second-order valence-electron chi connectivity index (χ2n) is 5.64. The van der Waals surface area contributed by atoms with Crippen molar-refractivity contribution in [2.24, 2.45) is 0 Å². The average Bonchev–Trinajstić information content (AvgIpc) is 2.56. The fourth-order valence-electron chi connectivity index (χ4n) is 2.34. The van der Waals surface area contributed by atoms with E-state index in [-0.39, 0.29) is 18.6 Å². The highest BCUT2D eigenvalue weighted by atomic mass is 16.5. The number of hydrogen-bond donors (Lipinski definition) is 0. The number of hydrogen-bond acceptors (Lipinski definition) is 5. The Morgan fingerprint density at radius 1 is 1.38 bits per heavy atom. The van der Waals surface area contributed by atoms with E-state index < -0.39 is 0 Å². The van der Waals surface area contributed by atoms with Gasteiger partial charge in [-0.15, -0.1) is 0 Å². The quantitative estimate of drug-likeness (QED) is 0.840. The van der Waals surface area contributed by atoms with E-state index in [0.717, 1.165) is 5.56 Å². The smallest absolute Gasteiger partial charge is 0.260 e. The molecule has 0 saturated carbocycles. The van der Waals surface area contributed by atoms with Crippen LogP contribution in [0.4, 0.5) is 0 Å². The highest BCUT2D eigenvalue weighted by molar-refractivity contribution is 5.78. The Bertz CT molecular complexity index is 762. The second kappa shape index (κ2) is 7.01. The number of aromatic nitrogens is 1. The molecule has 6 heteroatoms. The van der Waals surface area contributed by atoms with Crippen LogP contribution >= 0.6 is 0 Å². The number of aryl methyl sites for hydroxylation is 1. The fourth-order valence-corrected chi connectivity index (χ4v) is 2.34. The van der Waals surface area contributed by atoms with Gasteiger partial charge in [0.2, 0.25) is 5.88 Å². The molecule has 1 fully saturated rings. The summed E-state index contributed by atoms with van der Waals surface area (Å²) < 4.78 is 11.2. The monoisotopic (exact) mass is 323 g/mol. The highest BCUT2D eigenvalue weighted by Crippen LogP contribution is 2.17. The third kappa shape index (κ3) is 3.82. The van der Waals surface area contributed by atoms with Crippen molar-refractivity contribution in [2.45, 2.75) is 13.0 Å². The number of pyridine rings is 1. The Labute approximate surface area is 140 Å². The minimum atomic E-state index is -0.0756. The van der Waals surface area contributed by atoms with Crippen LogP contribution < -0.4 is 9.47 Å². The Kier molecular flexibility index (Phi) is 4.62. The van der Waals surface area contributed by atoms with Crippen LogP contribution in [0.25, 0.3) is 0 Å². The van der Waals surface area contributed by atoms with Gasteiger partial charge in [-0.1, -0.05) is 12.1 Å². The third-order valence-corrected chi connectivity index (χ3v) is 3.71. The van der Waals surface area contributed by atoms with Crippen LogP contribution in [-0.2, 0) is 4.79 Å². The van der Waals surface area contributed by atoms with Crippen LogP contribution in [0, 0.1) is 18.3 Å². The number of carbonyl (C=O) groups is 1. The SMILES string of the molecule is Cc1cccc(OCC(=O)N2CC(Oc3ccc(C#N)cn3)C2)c1. The maximum absolute atomic E-state index is 12.1. The van der Waals surface area contributed by atoms with Gasteiger partial charge in [-0.05, 0) is 30.7 Å². The molecule has 1 aromatic carbocycles. The molecular weight excluding hydrogens is 306 g/mol. The minimum absolute atomic E-state index is 0.0191. The molecule has 1 saturated heterocycles. The number of nitriles is 1. The zero-order valence-corrected chi connectivity index (χ0v) is 13.3. The molecule has 24 heavy (non-hydrogen) atoms. The number of benzene rings is 1. The Morgan fingerprint density at radius 2 is 2.21 bits per heavy atom. The Balaban J connectivity index is 1.42. The fraction of sp³-hybridized carbons (Fsp3) is 0.278. The van der Waals surface area contributed by atoms with Crippen molar-refractivity contribution < 1.29 is 14.3 Å². The minimum Gasteiger partial charge on any atom is -0.484 e. The molecule has 0 bridgehead atoms. The first-order chi connectivity index (χ1) is 11.6. The predicted octanol–water partition coefficient (Wildman–Crippen LogP) is 1.93. The van der Waals surface area contributed by atoms with E-state index >= 15 is 0 Å². The van der Waals surface area contributed by atoms with Gasteiger partial charge in [0, 0.05) is 12.3 Å². The van der Waals surface area contributed by atoms with Crippen LogP contribution in [0.5, 0.6) is 11.6 Å². The largest absolute Gasteiger partial charge is 0.484 e. The molecule has 0 spiro atoms. The normalized spacial score (nSPS) is 13.8. The second-order valence-corrected chi connectivity index (χ2v) is 5.64. The number of rotatable bonds is 5. The molecule has 2 heterocycles. The zero-order chi connectivity index (χ0) is 16.9. The van der Waals surface area contributed by atoms with Crippen molar-refractivity contribution in [3.8, 4) is 17.7 Å². The lowest BCUT2D eigenvalue weighted by Gasteiger charge is -2.38. The molecule has 0 N–H and O–H groups in total. The van der Waals surface area contributed by atoms with Crippen LogP contribution in [-0.4, -0.2) is 41.6 Å². The average molecular weight is 323 g/mol. The van der Waals surface area contributed by atoms with E-state index in [4.69, 9.17) is 14.7 Å². The van der Waals surface area contributed by atoms with E-state index in [1.165, 1.54) is 6.20 Å². The van der Waals surface area contributed by atoms with Crippen molar-refractivity contribution in [1.82, 2.24) is 9.88 Å². The van der Waals surface area contributed by atoms with Crippen molar-refractivity contribution in [3.63, 3.8) is 0 Å². The van der Waals surface area contributed by atoms with Crippen molar-refractivity contribution >= 4 is 5.91 Å². The molecule has 0 unspecified atom stereocenters. The lowest BCUT2D eigenvalue weighted by Crippen LogP contribution is -2.57. The predicted molar refractivity (Wildman–Crippen MR) is 86.6 cm³/mol. The van der Waals surface area contributed by atoms with Crippen LogP contribution in [0.2, 0.25) is 0 Å². The van der Waals surface area contributed by atoms with E-state index in [1.807, 2.05) is 37.3 Å². The summed E-state index contributed by atoms with van der Waals surface area (Å²) >= 11 is 0. The summed E-state index contributed by atoms with van der Waals surface area (Å²) in [5.74, 6) is 1.09. The maximum Gasteiger partial charge on any atom is 0.260 e. The first-order valence-electron chi connectivity index (χ1n) is 7.64. The molecule has 1 aromatic heterocycles. The van der Waals surface area contributed by atoms with Gasteiger partial charge >= 0.3 is 0 Å². The molecule has 0 atom stereocenters. The number of nitrogens with zero attached hydrogens (tertiary/aromatic N) is 3. The summed E-state index contributed by atoms with van der Waals surface area (Å²) in [4.78, 5) is 17.8. The summed E-state index contributed by atoms with van der Waals surface area (Å²) in [7, 11) is 0. The Hall–Kier alpha value is -3.07. The summed E-state index contributed by atoms with van der Waals surface area (Å²) in [6.07, 6.45) is 1.39. The first-order valence-corrected chi connectivity index (χ1v) is 7.64. The van der Waals surface area contributed by atoms with E-state index in [2.05, 4.69) is 4.98 Å². The third-order valence-electron chi connectivity index (χ3n) is 3.71. The lowest BCUT2D eigenvalue weighted by molar-refractivity contribution is -0.142. The molecule has 0 aliphatic carbocycles. The topological polar surface area (TPSA) is 75.4 Å². The van der Waals surface area contributed by atoms with E-state index in [0.29, 0.717) is 30.3 Å². The van der Waals surface area contributed by atoms with Crippen molar-refractivity contribution in [1.29, 1.82) is 5.26 Å². The summed E-state index contributed by atoms with van der Waals surface area (Å²) in [5, 5.41) is 8.72. The van der Waals surface area contributed by atoms with E-state index in [1.54, 1.807) is 17.0 Å². The Morgan fingerprint density at radius 3 is 2.88 bits per heavy atom. The number of ether oxygens (including phenoxy) is 2. The molecule has 1 aliphatic rings. The maximum atomic E-state index is 12.1. The van der Waals surface area contributed by atoms with Gasteiger partial charge in [-0.2, -0.15) is 5.26 Å². The summed E-state index contributed by atoms with van der Waals surface area (Å²) in [6.45, 7) is 3.02. The number of likely N-dealkylation sites (tertiary alicyclic amines) is 1. The van der Waals surface area contributed by atoms with Gasteiger partial charge in [-0.3, -0.25) is 4.79 Å². The molecule has 1 aliphatic heterocycles. The van der Waals surface area contributed by atoms with Gasteiger partial charge in [0.05, 0.1) is 18.7 Å². The van der Waals surface area contributed by atoms with Gasteiger partial charge in [0.15, 0.2) is 6.61 Å².